The normalized spacial score (nSPS) is 13.3. The lowest BCUT2D eigenvalue weighted by atomic mass is 10.2. The molecule has 0 saturated heterocycles. The first-order valence-corrected chi connectivity index (χ1v) is 4.39. The molecule has 1 heterocycles. The summed E-state index contributed by atoms with van der Waals surface area (Å²) < 4.78 is 0. The molecule has 0 aromatic carbocycles. The van der Waals surface area contributed by atoms with E-state index in [0.29, 0.717) is 0 Å². The summed E-state index contributed by atoms with van der Waals surface area (Å²) in [5, 5.41) is 0.228. The van der Waals surface area contributed by atoms with E-state index in [1.807, 2.05) is 6.20 Å². The Labute approximate surface area is 72.0 Å². The van der Waals surface area contributed by atoms with Crippen LogP contribution in [0.25, 0.3) is 0 Å². The second-order valence-corrected chi connectivity index (χ2v) is 3.24. The van der Waals surface area contributed by atoms with Gasteiger partial charge in [-0.1, -0.05) is 13.3 Å². The van der Waals surface area contributed by atoms with Crippen LogP contribution in [0.2, 0.25) is 0 Å². The lowest BCUT2D eigenvalue weighted by molar-refractivity contribution is 0.708. The van der Waals surface area contributed by atoms with E-state index < -0.39 is 0 Å². The van der Waals surface area contributed by atoms with Crippen LogP contribution in [-0.4, -0.2) is 15.3 Å². The van der Waals surface area contributed by atoms with Gasteiger partial charge in [-0.15, -0.1) is 11.6 Å². The highest BCUT2D eigenvalue weighted by molar-refractivity contribution is 6.20. The van der Waals surface area contributed by atoms with E-state index in [-0.39, 0.29) is 5.38 Å². The molecule has 1 unspecified atom stereocenters. The van der Waals surface area contributed by atoms with Gasteiger partial charge in [-0.2, -0.15) is 0 Å². The zero-order valence-corrected chi connectivity index (χ0v) is 7.43. The number of rotatable bonds is 4. The SMILES string of the molecule is CCCC(Cl)Cc1ncc[nH]1. The molecular weight excluding hydrogens is 160 g/mol. The van der Waals surface area contributed by atoms with Crippen molar-refractivity contribution in [2.75, 3.05) is 0 Å². The highest BCUT2D eigenvalue weighted by atomic mass is 35.5. The van der Waals surface area contributed by atoms with Crippen LogP contribution in [0, 0.1) is 0 Å². The minimum atomic E-state index is 0.228. The molecular formula is C8H13ClN2. The van der Waals surface area contributed by atoms with Crippen molar-refractivity contribution in [2.45, 2.75) is 31.6 Å². The fourth-order valence-corrected chi connectivity index (χ4v) is 1.40. The fourth-order valence-electron chi connectivity index (χ4n) is 1.03. The van der Waals surface area contributed by atoms with Crippen LogP contribution >= 0.6 is 11.6 Å². The first-order chi connectivity index (χ1) is 5.33. The third-order valence-electron chi connectivity index (χ3n) is 1.57. The quantitative estimate of drug-likeness (QED) is 0.695. The number of aromatic amines is 1. The van der Waals surface area contributed by atoms with Crippen LogP contribution in [0.1, 0.15) is 25.6 Å². The second kappa shape index (κ2) is 4.39. The van der Waals surface area contributed by atoms with Gasteiger partial charge < -0.3 is 4.98 Å². The molecule has 0 fully saturated rings. The van der Waals surface area contributed by atoms with Gasteiger partial charge in [0.1, 0.15) is 5.82 Å². The first kappa shape index (κ1) is 8.60. The third-order valence-corrected chi connectivity index (χ3v) is 1.94. The Morgan fingerprint density at radius 1 is 1.73 bits per heavy atom. The number of halogens is 1. The number of H-pyrrole nitrogens is 1. The van der Waals surface area contributed by atoms with Gasteiger partial charge in [0.05, 0.1) is 0 Å². The van der Waals surface area contributed by atoms with Crippen molar-refractivity contribution < 1.29 is 0 Å². The smallest absolute Gasteiger partial charge is 0.107 e. The lowest BCUT2D eigenvalue weighted by Crippen LogP contribution is -2.03. The number of hydrogen-bond donors (Lipinski definition) is 1. The highest BCUT2D eigenvalue weighted by Gasteiger charge is 2.05. The summed E-state index contributed by atoms with van der Waals surface area (Å²) in [7, 11) is 0. The maximum atomic E-state index is 6.01. The van der Waals surface area contributed by atoms with Gasteiger partial charge in [-0.25, -0.2) is 4.98 Å². The van der Waals surface area contributed by atoms with Crippen molar-refractivity contribution in [3.05, 3.63) is 18.2 Å². The molecule has 1 rings (SSSR count). The summed E-state index contributed by atoms with van der Waals surface area (Å²) >= 11 is 6.01. The largest absolute Gasteiger partial charge is 0.349 e. The molecule has 1 aromatic rings. The zero-order chi connectivity index (χ0) is 8.10. The number of alkyl halides is 1. The van der Waals surface area contributed by atoms with Gasteiger partial charge in [-0.05, 0) is 6.42 Å². The lowest BCUT2D eigenvalue weighted by Gasteiger charge is -2.03. The molecule has 1 aromatic heterocycles. The molecule has 11 heavy (non-hydrogen) atoms. The number of hydrogen-bond acceptors (Lipinski definition) is 1. The van der Waals surface area contributed by atoms with Gasteiger partial charge >= 0.3 is 0 Å². The van der Waals surface area contributed by atoms with Crippen molar-refractivity contribution in [3.63, 3.8) is 0 Å². The van der Waals surface area contributed by atoms with E-state index in [1.54, 1.807) is 6.20 Å². The molecule has 0 aliphatic heterocycles. The number of aromatic nitrogens is 2. The average Bonchev–Trinajstić information content (AvgIpc) is 2.40. The van der Waals surface area contributed by atoms with E-state index in [2.05, 4.69) is 16.9 Å². The van der Waals surface area contributed by atoms with Crippen molar-refractivity contribution >= 4 is 11.6 Å². The molecule has 0 aliphatic rings. The molecule has 1 N–H and O–H groups in total. The van der Waals surface area contributed by atoms with Gasteiger partial charge in [0.15, 0.2) is 0 Å². The molecule has 0 amide bonds. The number of imidazole rings is 1. The van der Waals surface area contributed by atoms with E-state index >= 15 is 0 Å². The van der Waals surface area contributed by atoms with Crippen LogP contribution in [0.15, 0.2) is 12.4 Å². The summed E-state index contributed by atoms with van der Waals surface area (Å²) in [5.74, 6) is 0.985. The molecule has 0 spiro atoms. The predicted molar refractivity (Wildman–Crippen MR) is 46.8 cm³/mol. The Hall–Kier alpha value is -0.500. The van der Waals surface area contributed by atoms with Crippen molar-refractivity contribution in [1.29, 1.82) is 0 Å². The molecule has 0 bridgehead atoms. The van der Waals surface area contributed by atoms with Gasteiger partial charge in [-0.3, -0.25) is 0 Å². The van der Waals surface area contributed by atoms with Crippen LogP contribution in [0.4, 0.5) is 0 Å². The van der Waals surface area contributed by atoms with E-state index in [4.69, 9.17) is 11.6 Å². The Morgan fingerprint density at radius 2 is 2.55 bits per heavy atom. The van der Waals surface area contributed by atoms with E-state index in [1.165, 1.54) is 0 Å². The molecule has 1 atom stereocenters. The van der Waals surface area contributed by atoms with Crippen LogP contribution < -0.4 is 0 Å². The van der Waals surface area contributed by atoms with Gasteiger partial charge in [0.2, 0.25) is 0 Å². The van der Waals surface area contributed by atoms with Gasteiger partial charge in [0, 0.05) is 24.2 Å². The summed E-state index contributed by atoms with van der Waals surface area (Å²) in [6.45, 7) is 2.14. The molecule has 62 valence electrons. The maximum Gasteiger partial charge on any atom is 0.107 e. The van der Waals surface area contributed by atoms with Crippen molar-refractivity contribution in [1.82, 2.24) is 9.97 Å². The second-order valence-electron chi connectivity index (χ2n) is 2.63. The summed E-state index contributed by atoms with van der Waals surface area (Å²) in [6.07, 6.45) is 6.62. The Morgan fingerprint density at radius 3 is 3.09 bits per heavy atom. The van der Waals surface area contributed by atoms with Crippen LogP contribution in [0.3, 0.4) is 0 Å². The topological polar surface area (TPSA) is 28.7 Å². The van der Waals surface area contributed by atoms with Crippen LogP contribution in [0.5, 0.6) is 0 Å². The Bertz CT molecular complexity index is 184. The van der Waals surface area contributed by atoms with E-state index in [0.717, 1.165) is 25.1 Å². The predicted octanol–water partition coefficient (Wildman–Crippen LogP) is 2.36. The summed E-state index contributed by atoms with van der Waals surface area (Å²) in [6, 6.07) is 0. The van der Waals surface area contributed by atoms with E-state index in [9.17, 15) is 0 Å². The first-order valence-electron chi connectivity index (χ1n) is 3.95. The minimum Gasteiger partial charge on any atom is -0.349 e. The molecule has 0 saturated carbocycles. The molecule has 0 aliphatic carbocycles. The standard InChI is InChI=1S/C8H13ClN2/c1-2-3-7(9)6-8-10-4-5-11-8/h4-5,7H,2-3,6H2,1H3,(H,10,11). The molecule has 0 radical (unpaired) electrons. The maximum absolute atomic E-state index is 6.01. The van der Waals surface area contributed by atoms with Gasteiger partial charge in [0.25, 0.3) is 0 Å². The highest BCUT2D eigenvalue weighted by Crippen LogP contribution is 2.09. The third kappa shape index (κ3) is 2.93. The van der Waals surface area contributed by atoms with Crippen molar-refractivity contribution in [3.8, 4) is 0 Å². The Balaban J connectivity index is 2.31. The fraction of sp³-hybridized carbons (Fsp3) is 0.625. The van der Waals surface area contributed by atoms with Crippen LogP contribution in [-0.2, 0) is 6.42 Å². The summed E-state index contributed by atoms with van der Waals surface area (Å²) in [5.41, 5.74) is 0. The molecule has 2 nitrogen and oxygen atoms in total. The number of nitrogens with one attached hydrogen (secondary N) is 1. The Kier molecular flexibility index (Phi) is 3.43. The molecule has 3 heteroatoms. The minimum absolute atomic E-state index is 0.228. The monoisotopic (exact) mass is 172 g/mol. The zero-order valence-electron chi connectivity index (χ0n) is 6.68. The van der Waals surface area contributed by atoms with Crippen molar-refractivity contribution in [2.24, 2.45) is 0 Å². The average molecular weight is 173 g/mol. The number of nitrogens with zero attached hydrogens (tertiary/aromatic N) is 1. The summed E-state index contributed by atoms with van der Waals surface area (Å²) in [4.78, 5) is 7.13.